The maximum Gasteiger partial charge on any atom is 0.306 e. The number of aliphatic hydroxyl groups is 1. The third kappa shape index (κ3) is 2.70. The van der Waals surface area contributed by atoms with E-state index in [9.17, 15) is 9.90 Å². The zero-order chi connectivity index (χ0) is 16.1. The lowest BCUT2D eigenvalue weighted by Gasteiger charge is -2.26. The SMILES string of the molecule is CC(NC(=O)c1c[nH]c2c1nc(C1CC1)c[n+]2C)C(C)(C)O. The van der Waals surface area contributed by atoms with Crippen molar-refractivity contribution in [3.63, 3.8) is 0 Å². The van der Waals surface area contributed by atoms with Gasteiger partial charge in [-0.25, -0.2) is 14.5 Å². The summed E-state index contributed by atoms with van der Waals surface area (Å²) in [6, 6.07) is -0.356. The molecule has 3 rings (SSSR count). The van der Waals surface area contributed by atoms with Crippen LogP contribution in [0.5, 0.6) is 0 Å². The second-order valence-electron chi connectivity index (χ2n) is 6.80. The molecule has 6 heteroatoms. The molecule has 1 aliphatic rings. The van der Waals surface area contributed by atoms with Crippen molar-refractivity contribution in [2.45, 2.75) is 51.2 Å². The van der Waals surface area contributed by atoms with Gasteiger partial charge in [0.25, 0.3) is 5.91 Å². The summed E-state index contributed by atoms with van der Waals surface area (Å²) in [5, 5.41) is 12.8. The third-order valence-corrected chi connectivity index (χ3v) is 4.40. The molecule has 6 nitrogen and oxygen atoms in total. The molecule has 2 aromatic rings. The number of hydrogen-bond acceptors (Lipinski definition) is 3. The smallest absolute Gasteiger partial charge is 0.306 e. The second-order valence-corrected chi connectivity index (χ2v) is 6.80. The van der Waals surface area contributed by atoms with Crippen molar-refractivity contribution in [1.29, 1.82) is 0 Å². The average Bonchev–Trinajstić information content (AvgIpc) is 3.17. The second kappa shape index (κ2) is 5.05. The predicted molar refractivity (Wildman–Crippen MR) is 82.5 cm³/mol. The van der Waals surface area contributed by atoms with E-state index in [2.05, 4.69) is 15.3 Å². The first-order chi connectivity index (χ1) is 10.3. The van der Waals surface area contributed by atoms with Gasteiger partial charge in [0, 0.05) is 5.92 Å². The van der Waals surface area contributed by atoms with E-state index in [-0.39, 0.29) is 11.9 Å². The van der Waals surface area contributed by atoms with Gasteiger partial charge in [-0.3, -0.25) is 4.79 Å². The summed E-state index contributed by atoms with van der Waals surface area (Å²) in [5.41, 5.74) is 2.10. The van der Waals surface area contributed by atoms with E-state index in [1.54, 1.807) is 27.0 Å². The number of carbonyl (C=O) groups is 1. The lowest BCUT2D eigenvalue weighted by atomic mass is 10.0. The number of nitrogens with one attached hydrogen (secondary N) is 2. The Morgan fingerprint density at radius 1 is 1.55 bits per heavy atom. The van der Waals surface area contributed by atoms with Gasteiger partial charge in [0.05, 0.1) is 24.4 Å². The quantitative estimate of drug-likeness (QED) is 0.741. The number of nitrogens with zero attached hydrogens (tertiary/aromatic N) is 2. The zero-order valence-electron chi connectivity index (χ0n) is 13.5. The van der Waals surface area contributed by atoms with Gasteiger partial charge < -0.3 is 10.4 Å². The Balaban J connectivity index is 1.95. The fourth-order valence-electron chi connectivity index (χ4n) is 2.41. The van der Waals surface area contributed by atoms with Gasteiger partial charge in [0.1, 0.15) is 18.0 Å². The molecule has 1 fully saturated rings. The van der Waals surface area contributed by atoms with Crippen LogP contribution in [0.4, 0.5) is 0 Å². The Kier molecular flexibility index (Phi) is 3.44. The number of hydrogen-bond donors (Lipinski definition) is 3. The number of aromatic nitrogens is 3. The number of aromatic amines is 1. The van der Waals surface area contributed by atoms with Crippen molar-refractivity contribution < 1.29 is 14.5 Å². The van der Waals surface area contributed by atoms with Gasteiger partial charge in [0.15, 0.2) is 5.52 Å². The van der Waals surface area contributed by atoms with Crippen LogP contribution < -0.4 is 9.88 Å². The van der Waals surface area contributed by atoms with Gasteiger partial charge in [0.2, 0.25) is 0 Å². The number of H-pyrrole nitrogens is 1. The number of fused-ring (bicyclic) bond motifs is 1. The number of aryl methyl sites for hydroxylation is 1. The molecular weight excluding hydrogens is 280 g/mol. The summed E-state index contributed by atoms with van der Waals surface area (Å²) in [6.07, 6.45) is 6.04. The zero-order valence-corrected chi connectivity index (χ0v) is 13.5. The minimum absolute atomic E-state index is 0.221. The molecule has 22 heavy (non-hydrogen) atoms. The largest absolute Gasteiger partial charge is 0.388 e. The highest BCUT2D eigenvalue weighted by atomic mass is 16.3. The lowest BCUT2D eigenvalue weighted by Crippen LogP contribution is -2.47. The molecule has 0 radical (unpaired) electrons. The van der Waals surface area contributed by atoms with Crippen LogP contribution in [0.1, 0.15) is 55.6 Å². The highest BCUT2D eigenvalue weighted by Crippen LogP contribution is 2.38. The van der Waals surface area contributed by atoms with Gasteiger partial charge in [-0.15, -0.1) is 0 Å². The summed E-state index contributed by atoms with van der Waals surface area (Å²) in [6.45, 7) is 5.14. The molecule has 1 atom stereocenters. The summed E-state index contributed by atoms with van der Waals surface area (Å²) >= 11 is 0. The fourth-order valence-corrected chi connectivity index (χ4v) is 2.41. The number of carbonyl (C=O) groups excluding carboxylic acids is 1. The first-order valence-corrected chi connectivity index (χ1v) is 7.68. The Hall–Kier alpha value is -1.95. The van der Waals surface area contributed by atoms with Crippen LogP contribution >= 0.6 is 0 Å². The molecule has 1 saturated carbocycles. The van der Waals surface area contributed by atoms with E-state index < -0.39 is 5.60 Å². The van der Waals surface area contributed by atoms with Crippen LogP contribution in [-0.2, 0) is 7.05 Å². The topological polar surface area (TPSA) is 81.9 Å². The standard InChI is InChI=1S/C16H22N4O2/c1-9(16(2,3)22)18-15(21)11-7-17-14-13(11)19-12(8-20(14)4)10-5-6-10/h7-10,22H,5-6H2,1-4H3,(H,18,21)/p+1. The van der Waals surface area contributed by atoms with Crippen molar-refractivity contribution in [3.8, 4) is 0 Å². The summed E-state index contributed by atoms with van der Waals surface area (Å²) in [4.78, 5) is 20.3. The molecule has 118 valence electrons. The van der Waals surface area contributed by atoms with E-state index in [0.717, 1.165) is 11.3 Å². The molecule has 0 bridgehead atoms. The van der Waals surface area contributed by atoms with Crippen molar-refractivity contribution >= 4 is 17.1 Å². The van der Waals surface area contributed by atoms with E-state index in [4.69, 9.17) is 0 Å². The molecule has 0 aromatic carbocycles. The van der Waals surface area contributed by atoms with Crippen LogP contribution in [0.3, 0.4) is 0 Å². The van der Waals surface area contributed by atoms with E-state index in [0.29, 0.717) is 17.0 Å². The predicted octanol–water partition coefficient (Wildman–Crippen LogP) is 1.15. The molecule has 1 aliphatic carbocycles. The molecule has 1 amide bonds. The van der Waals surface area contributed by atoms with E-state index >= 15 is 0 Å². The van der Waals surface area contributed by atoms with Crippen LogP contribution in [0, 0.1) is 0 Å². The fraction of sp³-hybridized carbons (Fsp3) is 0.562. The maximum atomic E-state index is 12.5. The molecule has 0 saturated heterocycles. The average molecular weight is 303 g/mol. The molecular formula is C16H23N4O2+. The van der Waals surface area contributed by atoms with Crippen LogP contribution in [-0.4, -0.2) is 32.6 Å². The Morgan fingerprint density at radius 3 is 2.82 bits per heavy atom. The van der Waals surface area contributed by atoms with E-state index in [1.165, 1.54) is 12.8 Å². The van der Waals surface area contributed by atoms with Crippen LogP contribution in [0.2, 0.25) is 0 Å². The third-order valence-electron chi connectivity index (χ3n) is 4.40. The maximum absolute atomic E-state index is 12.5. The highest BCUT2D eigenvalue weighted by Gasteiger charge is 2.30. The Labute approximate surface area is 129 Å². The highest BCUT2D eigenvalue weighted by molar-refractivity contribution is 6.04. The molecule has 3 N–H and O–H groups in total. The molecule has 1 unspecified atom stereocenters. The van der Waals surface area contributed by atoms with Gasteiger partial charge in [-0.2, -0.15) is 0 Å². The minimum atomic E-state index is -0.973. The number of amides is 1. The lowest BCUT2D eigenvalue weighted by molar-refractivity contribution is -0.647. The van der Waals surface area contributed by atoms with Gasteiger partial charge in [-0.1, -0.05) is 0 Å². The van der Waals surface area contributed by atoms with Crippen LogP contribution in [0.25, 0.3) is 11.2 Å². The van der Waals surface area contributed by atoms with Gasteiger partial charge >= 0.3 is 5.65 Å². The van der Waals surface area contributed by atoms with Crippen molar-refractivity contribution in [1.82, 2.24) is 15.3 Å². The van der Waals surface area contributed by atoms with Crippen molar-refractivity contribution in [3.05, 3.63) is 23.7 Å². The normalized spacial score (nSPS) is 16.8. The summed E-state index contributed by atoms with van der Waals surface area (Å²) in [7, 11) is 1.95. The monoisotopic (exact) mass is 303 g/mol. The molecule has 2 aromatic heterocycles. The molecule has 2 heterocycles. The summed E-state index contributed by atoms with van der Waals surface area (Å²) in [5.74, 6) is 0.304. The Bertz CT molecular complexity index is 726. The molecule has 0 spiro atoms. The molecule has 0 aliphatic heterocycles. The van der Waals surface area contributed by atoms with Gasteiger partial charge in [-0.05, 0) is 33.6 Å². The minimum Gasteiger partial charge on any atom is -0.388 e. The van der Waals surface area contributed by atoms with Crippen LogP contribution in [0.15, 0.2) is 12.4 Å². The first-order valence-electron chi connectivity index (χ1n) is 7.68. The summed E-state index contributed by atoms with van der Waals surface area (Å²) < 4.78 is 1.98. The Morgan fingerprint density at radius 2 is 2.23 bits per heavy atom. The van der Waals surface area contributed by atoms with E-state index in [1.807, 2.05) is 17.8 Å². The number of rotatable bonds is 4. The van der Waals surface area contributed by atoms with Crippen molar-refractivity contribution in [2.75, 3.05) is 0 Å². The first kappa shape index (κ1) is 15.0. The van der Waals surface area contributed by atoms with Crippen molar-refractivity contribution in [2.24, 2.45) is 7.05 Å².